The minimum absolute atomic E-state index is 0.255. The summed E-state index contributed by atoms with van der Waals surface area (Å²) >= 11 is 0. The molecule has 0 radical (unpaired) electrons. The minimum Gasteiger partial charge on any atom is -0.294 e. The molecule has 2 rings (SSSR count). The number of ketones is 2. The minimum atomic E-state index is -0.352. The summed E-state index contributed by atoms with van der Waals surface area (Å²) in [6.07, 6.45) is 5.38. The highest BCUT2D eigenvalue weighted by molar-refractivity contribution is 6.10. The highest BCUT2D eigenvalue weighted by atomic mass is 19.1. The Labute approximate surface area is 132 Å². The molecule has 0 aliphatic rings. The molecular formula is C19H14F2O2. The van der Waals surface area contributed by atoms with Crippen LogP contribution in [-0.4, -0.2) is 11.6 Å². The average Bonchev–Trinajstić information content (AvgIpc) is 2.54. The third kappa shape index (κ3) is 5.79. The molecule has 2 nitrogen and oxygen atoms in total. The van der Waals surface area contributed by atoms with Gasteiger partial charge >= 0.3 is 0 Å². The van der Waals surface area contributed by atoms with Crippen molar-refractivity contribution in [3.05, 3.63) is 83.4 Å². The summed E-state index contributed by atoms with van der Waals surface area (Å²) < 4.78 is 25.5. The number of halogens is 2. The van der Waals surface area contributed by atoms with Crippen molar-refractivity contribution in [1.82, 2.24) is 0 Å². The first-order valence-electron chi connectivity index (χ1n) is 6.96. The van der Waals surface area contributed by atoms with Crippen molar-refractivity contribution in [3.8, 4) is 0 Å². The lowest BCUT2D eigenvalue weighted by atomic mass is 10.1. The van der Waals surface area contributed by atoms with Crippen LogP contribution in [0.3, 0.4) is 0 Å². The number of benzene rings is 2. The molecule has 0 unspecified atom stereocenters. The van der Waals surface area contributed by atoms with Gasteiger partial charge in [0.15, 0.2) is 11.6 Å². The molecule has 23 heavy (non-hydrogen) atoms. The normalized spacial score (nSPS) is 11.2. The van der Waals surface area contributed by atoms with Gasteiger partial charge in [0.05, 0.1) is 6.42 Å². The molecule has 0 N–H and O–H groups in total. The molecule has 0 fully saturated rings. The highest BCUT2D eigenvalue weighted by Crippen LogP contribution is 2.07. The smallest absolute Gasteiger partial charge is 0.163 e. The largest absolute Gasteiger partial charge is 0.294 e. The first kappa shape index (κ1) is 16.5. The van der Waals surface area contributed by atoms with Gasteiger partial charge in [-0.05, 0) is 47.5 Å². The maximum absolute atomic E-state index is 12.7. The summed E-state index contributed by atoms with van der Waals surface area (Å²) in [6, 6.07) is 11.3. The van der Waals surface area contributed by atoms with E-state index < -0.39 is 0 Å². The van der Waals surface area contributed by atoms with Crippen LogP contribution in [-0.2, 0) is 9.59 Å². The SMILES string of the molecule is O=C(C=Cc1ccc(F)cc1)CC(=O)C=Cc1ccc(F)cc1. The van der Waals surface area contributed by atoms with Crippen molar-refractivity contribution in [2.45, 2.75) is 6.42 Å². The van der Waals surface area contributed by atoms with E-state index in [9.17, 15) is 18.4 Å². The zero-order chi connectivity index (χ0) is 16.7. The lowest BCUT2D eigenvalue weighted by Gasteiger charge is -1.94. The molecule has 0 spiro atoms. The van der Waals surface area contributed by atoms with Gasteiger partial charge in [-0.1, -0.05) is 36.4 Å². The summed E-state index contributed by atoms with van der Waals surface area (Å²) in [7, 11) is 0. The van der Waals surface area contributed by atoms with E-state index in [2.05, 4.69) is 0 Å². The summed E-state index contributed by atoms with van der Waals surface area (Å²) in [6.45, 7) is 0. The zero-order valence-corrected chi connectivity index (χ0v) is 12.2. The Morgan fingerprint density at radius 1 is 0.696 bits per heavy atom. The Morgan fingerprint density at radius 3 is 1.39 bits per heavy atom. The molecule has 2 aromatic carbocycles. The van der Waals surface area contributed by atoms with Crippen molar-refractivity contribution in [3.63, 3.8) is 0 Å². The molecule has 0 heterocycles. The standard InChI is InChI=1S/C19H14F2O2/c20-16-7-1-14(2-8-16)5-11-18(22)13-19(23)12-6-15-3-9-17(21)10-4-15/h1-12H,13H2. The van der Waals surface area contributed by atoms with Crippen LogP contribution in [0.1, 0.15) is 17.5 Å². The van der Waals surface area contributed by atoms with Gasteiger partial charge in [-0.15, -0.1) is 0 Å². The molecule has 0 aromatic heterocycles. The summed E-state index contributed by atoms with van der Waals surface area (Å²) in [5.41, 5.74) is 1.35. The van der Waals surface area contributed by atoms with Crippen LogP contribution in [0.4, 0.5) is 8.78 Å². The maximum atomic E-state index is 12.7. The van der Waals surface area contributed by atoms with Gasteiger partial charge < -0.3 is 0 Å². The summed E-state index contributed by atoms with van der Waals surface area (Å²) in [4.78, 5) is 23.4. The lowest BCUT2D eigenvalue weighted by Crippen LogP contribution is -2.01. The van der Waals surface area contributed by atoms with Crippen LogP contribution in [0.5, 0.6) is 0 Å². The van der Waals surface area contributed by atoms with Gasteiger partial charge in [-0.2, -0.15) is 0 Å². The zero-order valence-electron chi connectivity index (χ0n) is 12.2. The second-order valence-corrected chi connectivity index (χ2v) is 4.88. The molecule has 0 saturated heterocycles. The van der Waals surface area contributed by atoms with Crippen molar-refractivity contribution >= 4 is 23.7 Å². The quantitative estimate of drug-likeness (QED) is 0.591. The van der Waals surface area contributed by atoms with Crippen LogP contribution in [0, 0.1) is 11.6 Å². The third-order valence-electron chi connectivity index (χ3n) is 3.01. The number of allylic oxidation sites excluding steroid dienone is 2. The number of carbonyl (C=O) groups is 2. The topological polar surface area (TPSA) is 34.1 Å². The molecule has 0 amide bonds. The highest BCUT2D eigenvalue weighted by Gasteiger charge is 2.03. The van der Waals surface area contributed by atoms with E-state index >= 15 is 0 Å². The van der Waals surface area contributed by atoms with E-state index in [1.165, 1.54) is 72.8 Å². The molecular weight excluding hydrogens is 298 g/mol. The predicted octanol–water partition coefficient (Wildman–Crippen LogP) is 4.22. The van der Waals surface area contributed by atoms with Crippen molar-refractivity contribution in [2.24, 2.45) is 0 Å². The van der Waals surface area contributed by atoms with E-state index in [1.54, 1.807) is 0 Å². The van der Waals surface area contributed by atoms with Crippen molar-refractivity contribution < 1.29 is 18.4 Å². The van der Waals surface area contributed by atoms with Crippen LogP contribution in [0.25, 0.3) is 12.2 Å². The monoisotopic (exact) mass is 312 g/mol. The first-order chi connectivity index (χ1) is 11.0. The van der Waals surface area contributed by atoms with Crippen LogP contribution >= 0.6 is 0 Å². The first-order valence-corrected chi connectivity index (χ1v) is 6.96. The lowest BCUT2D eigenvalue weighted by molar-refractivity contribution is -0.121. The van der Waals surface area contributed by atoms with Gasteiger partial charge in [0.2, 0.25) is 0 Å². The van der Waals surface area contributed by atoms with Crippen LogP contribution in [0.2, 0.25) is 0 Å². The second-order valence-electron chi connectivity index (χ2n) is 4.88. The number of hydrogen-bond donors (Lipinski definition) is 0. The van der Waals surface area contributed by atoms with Crippen LogP contribution < -0.4 is 0 Å². The molecule has 0 bridgehead atoms. The Bertz CT molecular complexity index is 676. The fourth-order valence-electron chi connectivity index (χ4n) is 1.82. The van der Waals surface area contributed by atoms with Crippen molar-refractivity contribution in [2.75, 3.05) is 0 Å². The predicted molar refractivity (Wildman–Crippen MR) is 85.5 cm³/mol. The van der Waals surface area contributed by atoms with E-state index in [-0.39, 0.29) is 29.6 Å². The third-order valence-corrected chi connectivity index (χ3v) is 3.01. The van der Waals surface area contributed by atoms with E-state index in [1.807, 2.05) is 0 Å². The molecule has 0 saturated carbocycles. The Hall–Kier alpha value is -2.88. The molecule has 116 valence electrons. The average molecular weight is 312 g/mol. The van der Waals surface area contributed by atoms with Gasteiger partial charge in [-0.3, -0.25) is 9.59 Å². The van der Waals surface area contributed by atoms with Gasteiger partial charge in [0.25, 0.3) is 0 Å². The summed E-state index contributed by atoms with van der Waals surface area (Å²) in [5, 5.41) is 0. The number of rotatable bonds is 6. The maximum Gasteiger partial charge on any atom is 0.163 e. The molecule has 0 aliphatic heterocycles. The van der Waals surface area contributed by atoms with E-state index in [0.717, 1.165) is 0 Å². The fourth-order valence-corrected chi connectivity index (χ4v) is 1.82. The molecule has 4 heteroatoms. The van der Waals surface area contributed by atoms with Crippen molar-refractivity contribution in [1.29, 1.82) is 0 Å². The van der Waals surface area contributed by atoms with Gasteiger partial charge in [-0.25, -0.2) is 8.78 Å². The fraction of sp³-hybridized carbons (Fsp3) is 0.0526. The van der Waals surface area contributed by atoms with Crippen LogP contribution in [0.15, 0.2) is 60.7 Å². The Morgan fingerprint density at radius 2 is 1.04 bits per heavy atom. The molecule has 2 aromatic rings. The van der Waals surface area contributed by atoms with Gasteiger partial charge in [0.1, 0.15) is 11.6 Å². The van der Waals surface area contributed by atoms with E-state index in [4.69, 9.17) is 0 Å². The summed E-state index contributed by atoms with van der Waals surface area (Å²) in [5.74, 6) is -1.39. The second kappa shape index (κ2) is 7.94. The number of carbonyl (C=O) groups excluding carboxylic acids is 2. The van der Waals surface area contributed by atoms with Gasteiger partial charge in [0, 0.05) is 0 Å². The molecule has 0 atom stereocenters. The number of hydrogen-bond acceptors (Lipinski definition) is 2. The molecule has 0 aliphatic carbocycles. The Balaban J connectivity index is 1.88. The van der Waals surface area contributed by atoms with E-state index in [0.29, 0.717) is 11.1 Å². The Kier molecular flexibility index (Phi) is 5.69.